The van der Waals surface area contributed by atoms with Crippen LogP contribution in [0.15, 0.2) is 67.0 Å². The Kier molecular flexibility index (Phi) is 4.80. The van der Waals surface area contributed by atoms with Gasteiger partial charge in [0.15, 0.2) is 0 Å². The summed E-state index contributed by atoms with van der Waals surface area (Å²) in [6.07, 6.45) is 4.42. The second-order valence-electron chi connectivity index (χ2n) is 6.61. The zero-order valence-electron chi connectivity index (χ0n) is 14.5. The molecule has 1 heterocycles. The molecule has 3 aromatic rings. The predicted molar refractivity (Wildman–Crippen MR) is 102 cm³/mol. The van der Waals surface area contributed by atoms with Crippen LogP contribution in [-0.4, -0.2) is 16.0 Å². The van der Waals surface area contributed by atoms with Crippen LogP contribution in [0.5, 0.6) is 5.75 Å². The van der Waals surface area contributed by atoms with Crippen molar-refractivity contribution in [2.45, 2.75) is 31.5 Å². The van der Waals surface area contributed by atoms with Gasteiger partial charge in [-0.25, -0.2) is 9.97 Å². The molecule has 5 nitrogen and oxygen atoms in total. The maximum absolute atomic E-state index is 5.85. The molecule has 1 aliphatic rings. The molecule has 0 amide bonds. The molecule has 3 N–H and O–H groups in total. The minimum absolute atomic E-state index is 0.479. The number of ether oxygens (including phenoxy) is 1. The molecule has 1 aromatic heterocycles. The topological polar surface area (TPSA) is 73.1 Å². The predicted octanol–water partition coefficient (Wildman–Crippen LogP) is 3.28. The third-order valence-electron chi connectivity index (χ3n) is 4.59. The van der Waals surface area contributed by atoms with Gasteiger partial charge in [0.2, 0.25) is 0 Å². The molecule has 4 rings (SSSR count). The van der Waals surface area contributed by atoms with Crippen molar-refractivity contribution in [1.29, 1.82) is 0 Å². The summed E-state index contributed by atoms with van der Waals surface area (Å²) in [6, 6.07) is 19.1. The molecule has 2 unspecified atom stereocenters. The Balaban J connectivity index is 1.26. The number of aromatic nitrogens is 2. The van der Waals surface area contributed by atoms with Crippen LogP contribution in [0.4, 0.5) is 5.69 Å². The van der Waals surface area contributed by atoms with E-state index in [-0.39, 0.29) is 0 Å². The van der Waals surface area contributed by atoms with Gasteiger partial charge in [-0.15, -0.1) is 0 Å². The molecule has 1 aliphatic carbocycles. The number of nitrogens with two attached hydrogens (primary N) is 1. The summed E-state index contributed by atoms with van der Waals surface area (Å²) >= 11 is 0. The van der Waals surface area contributed by atoms with E-state index >= 15 is 0 Å². The van der Waals surface area contributed by atoms with Crippen LogP contribution >= 0.6 is 0 Å². The summed E-state index contributed by atoms with van der Waals surface area (Å²) < 4.78 is 5.85. The van der Waals surface area contributed by atoms with E-state index in [2.05, 4.69) is 51.7 Å². The molecule has 1 fully saturated rings. The number of nitrogen functional groups attached to an aromatic ring is 1. The fourth-order valence-electron chi connectivity index (χ4n) is 3.02. The molecule has 1 saturated carbocycles. The van der Waals surface area contributed by atoms with Gasteiger partial charge in [-0.05, 0) is 29.7 Å². The molecule has 0 bridgehead atoms. The van der Waals surface area contributed by atoms with Crippen LogP contribution in [-0.2, 0) is 13.2 Å². The van der Waals surface area contributed by atoms with Crippen LogP contribution in [0.1, 0.15) is 29.3 Å². The first-order valence-corrected chi connectivity index (χ1v) is 8.84. The van der Waals surface area contributed by atoms with Crippen molar-refractivity contribution in [2.24, 2.45) is 0 Å². The summed E-state index contributed by atoms with van der Waals surface area (Å²) in [6.45, 7) is 1.26. The number of nitrogens with one attached hydrogen (secondary N) is 1. The first kappa shape index (κ1) is 16.5. The van der Waals surface area contributed by atoms with Crippen molar-refractivity contribution in [3.63, 3.8) is 0 Å². The number of hydrogen-bond acceptors (Lipinski definition) is 5. The highest BCUT2D eigenvalue weighted by atomic mass is 16.5. The molecule has 0 saturated heterocycles. The summed E-state index contributed by atoms with van der Waals surface area (Å²) in [5, 5.41) is 3.51. The molecule has 2 aromatic carbocycles. The largest absolute Gasteiger partial charge is 0.489 e. The average Bonchev–Trinajstić information content (AvgIpc) is 3.47. The second-order valence-corrected chi connectivity index (χ2v) is 6.61. The zero-order chi connectivity index (χ0) is 17.8. The van der Waals surface area contributed by atoms with E-state index in [9.17, 15) is 0 Å². The average molecular weight is 346 g/mol. The number of hydrogen-bond donors (Lipinski definition) is 2. The van der Waals surface area contributed by atoms with Gasteiger partial charge in [-0.1, -0.05) is 42.5 Å². The Labute approximate surface area is 153 Å². The molecule has 2 atom stereocenters. The van der Waals surface area contributed by atoms with Crippen LogP contribution in [0.3, 0.4) is 0 Å². The summed E-state index contributed by atoms with van der Waals surface area (Å²) in [7, 11) is 0. The molecule has 0 aliphatic heterocycles. The smallest absolute Gasteiger partial charge is 0.142 e. The lowest BCUT2D eigenvalue weighted by atomic mass is 10.1. The molecule has 5 heteroatoms. The number of anilines is 1. The summed E-state index contributed by atoms with van der Waals surface area (Å²) in [5.41, 5.74) is 8.71. The van der Waals surface area contributed by atoms with Gasteiger partial charge in [-0.2, -0.15) is 0 Å². The highest BCUT2D eigenvalue weighted by molar-refractivity contribution is 5.34. The first-order valence-electron chi connectivity index (χ1n) is 8.84. The number of rotatable bonds is 7. The minimum atomic E-state index is 0.479. The van der Waals surface area contributed by atoms with Gasteiger partial charge in [0.1, 0.15) is 18.2 Å². The standard InChI is InChI=1S/C21H22N4O/c22-17-11-24-21(25-12-17)13-23-20-10-19(20)16-6-8-18(9-7-16)26-14-15-4-2-1-3-5-15/h1-9,11-12,19-20,23H,10,13-14,22H2. The molecule has 26 heavy (non-hydrogen) atoms. The fraction of sp³-hybridized carbons (Fsp3) is 0.238. The lowest BCUT2D eigenvalue weighted by Crippen LogP contribution is -2.19. The van der Waals surface area contributed by atoms with E-state index in [1.807, 2.05) is 18.2 Å². The van der Waals surface area contributed by atoms with Gasteiger partial charge >= 0.3 is 0 Å². The quantitative estimate of drug-likeness (QED) is 0.687. The van der Waals surface area contributed by atoms with Gasteiger partial charge in [0, 0.05) is 12.0 Å². The summed E-state index contributed by atoms with van der Waals surface area (Å²) in [4.78, 5) is 8.44. The van der Waals surface area contributed by atoms with E-state index in [1.54, 1.807) is 12.4 Å². The van der Waals surface area contributed by atoms with E-state index in [4.69, 9.17) is 10.5 Å². The van der Waals surface area contributed by atoms with Crippen LogP contribution in [0, 0.1) is 0 Å². The second kappa shape index (κ2) is 7.54. The maximum Gasteiger partial charge on any atom is 0.142 e. The van der Waals surface area contributed by atoms with Gasteiger partial charge in [0.05, 0.1) is 24.6 Å². The van der Waals surface area contributed by atoms with Gasteiger partial charge < -0.3 is 15.8 Å². The van der Waals surface area contributed by atoms with E-state index in [0.29, 0.717) is 30.8 Å². The van der Waals surface area contributed by atoms with Crippen LogP contribution in [0.2, 0.25) is 0 Å². The van der Waals surface area contributed by atoms with Crippen molar-refractivity contribution < 1.29 is 4.74 Å². The van der Waals surface area contributed by atoms with Gasteiger partial charge in [0.25, 0.3) is 0 Å². The molecular weight excluding hydrogens is 324 g/mol. The SMILES string of the molecule is Nc1cnc(CNC2CC2c2ccc(OCc3ccccc3)cc2)nc1. The third kappa shape index (κ3) is 4.18. The van der Waals surface area contributed by atoms with Crippen molar-refractivity contribution in [1.82, 2.24) is 15.3 Å². The monoisotopic (exact) mass is 346 g/mol. The first-order chi connectivity index (χ1) is 12.8. The highest BCUT2D eigenvalue weighted by Crippen LogP contribution is 2.41. The summed E-state index contributed by atoms with van der Waals surface area (Å²) in [5.74, 6) is 2.22. The highest BCUT2D eigenvalue weighted by Gasteiger charge is 2.37. The minimum Gasteiger partial charge on any atom is -0.489 e. The maximum atomic E-state index is 5.85. The molecule has 0 radical (unpaired) electrons. The van der Waals surface area contributed by atoms with Crippen molar-refractivity contribution in [3.8, 4) is 5.75 Å². The Morgan fingerprint density at radius 2 is 1.73 bits per heavy atom. The Bertz CT molecular complexity index is 834. The van der Waals surface area contributed by atoms with E-state index in [0.717, 1.165) is 18.0 Å². The molecule has 132 valence electrons. The lowest BCUT2D eigenvalue weighted by Gasteiger charge is -2.08. The molecular formula is C21H22N4O. The Morgan fingerprint density at radius 3 is 2.46 bits per heavy atom. The number of nitrogens with zero attached hydrogens (tertiary/aromatic N) is 2. The van der Waals surface area contributed by atoms with Gasteiger partial charge in [-0.3, -0.25) is 0 Å². The molecule has 0 spiro atoms. The number of benzene rings is 2. The Hall–Kier alpha value is -2.92. The third-order valence-corrected chi connectivity index (χ3v) is 4.59. The zero-order valence-corrected chi connectivity index (χ0v) is 14.5. The fourth-order valence-corrected chi connectivity index (χ4v) is 3.02. The van der Waals surface area contributed by atoms with Crippen molar-refractivity contribution in [3.05, 3.63) is 83.9 Å². The van der Waals surface area contributed by atoms with Crippen LogP contribution in [0.25, 0.3) is 0 Å². The van der Waals surface area contributed by atoms with Crippen LogP contribution < -0.4 is 15.8 Å². The lowest BCUT2D eigenvalue weighted by molar-refractivity contribution is 0.306. The van der Waals surface area contributed by atoms with Crippen molar-refractivity contribution in [2.75, 3.05) is 5.73 Å². The normalized spacial score (nSPS) is 18.5. The Morgan fingerprint density at radius 1 is 1.00 bits per heavy atom. The van der Waals surface area contributed by atoms with Crippen molar-refractivity contribution >= 4 is 5.69 Å². The van der Waals surface area contributed by atoms with E-state index in [1.165, 1.54) is 11.1 Å². The van der Waals surface area contributed by atoms with E-state index < -0.39 is 0 Å².